The third-order valence-electron chi connectivity index (χ3n) is 3.40. The van der Waals surface area contributed by atoms with Crippen LogP contribution in [0.3, 0.4) is 0 Å². The topological polar surface area (TPSA) is 15.3 Å². The normalized spacial score (nSPS) is 12.8. The largest absolute Gasteiger partial charge is 0.313 e. The fraction of sp³-hybridized carbons (Fsp3) is 0.375. The van der Waals surface area contributed by atoms with Crippen molar-refractivity contribution in [3.63, 3.8) is 0 Å². The summed E-state index contributed by atoms with van der Waals surface area (Å²) in [5.41, 5.74) is 1.36. The van der Waals surface area contributed by atoms with Crippen LogP contribution in [0.25, 0.3) is 0 Å². The average Bonchev–Trinajstić information content (AvgIpc) is 2.86. The summed E-state index contributed by atoms with van der Waals surface area (Å²) >= 11 is 5.32. The molecule has 1 aromatic heterocycles. The number of nitrogens with one attached hydrogen (secondary N) is 1. The quantitative estimate of drug-likeness (QED) is 0.799. The lowest BCUT2D eigenvalue weighted by Gasteiger charge is -2.21. The molecule has 0 saturated carbocycles. The van der Waals surface area contributed by atoms with Gasteiger partial charge >= 0.3 is 0 Å². The zero-order valence-corrected chi connectivity index (χ0v) is 14.4. The van der Waals surface area contributed by atoms with E-state index in [-0.39, 0.29) is 0 Å². The number of benzene rings is 1. The summed E-state index contributed by atoms with van der Waals surface area (Å²) < 4.78 is 1.18. The van der Waals surface area contributed by atoms with Crippen LogP contribution in [-0.4, -0.2) is 25.5 Å². The van der Waals surface area contributed by atoms with E-state index >= 15 is 0 Å². The highest BCUT2D eigenvalue weighted by Crippen LogP contribution is 2.21. The Hall–Kier alpha value is -0.680. The maximum Gasteiger partial charge on any atom is 0.0329 e. The van der Waals surface area contributed by atoms with E-state index in [2.05, 4.69) is 75.0 Å². The highest BCUT2D eigenvalue weighted by molar-refractivity contribution is 9.10. The molecule has 1 N–H and O–H groups in total. The Morgan fingerprint density at radius 1 is 1.30 bits per heavy atom. The van der Waals surface area contributed by atoms with Crippen molar-refractivity contribution in [3.05, 3.63) is 56.7 Å². The maximum atomic E-state index is 3.51. The van der Waals surface area contributed by atoms with E-state index in [0.29, 0.717) is 6.04 Å². The molecule has 0 spiro atoms. The minimum absolute atomic E-state index is 0.425. The zero-order chi connectivity index (χ0) is 14.4. The zero-order valence-electron chi connectivity index (χ0n) is 12.0. The number of nitrogens with zero attached hydrogens (tertiary/aromatic N) is 1. The molecular formula is C16H21BrN2S. The Morgan fingerprint density at radius 2 is 2.05 bits per heavy atom. The summed E-state index contributed by atoms with van der Waals surface area (Å²) in [6.07, 6.45) is 1.11. The molecule has 0 aliphatic rings. The van der Waals surface area contributed by atoms with Crippen LogP contribution in [-0.2, 0) is 6.54 Å². The van der Waals surface area contributed by atoms with Gasteiger partial charge in [0.25, 0.3) is 0 Å². The fourth-order valence-electron chi connectivity index (χ4n) is 2.29. The van der Waals surface area contributed by atoms with Crippen molar-refractivity contribution in [1.29, 1.82) is 0 Å². The molecule has 1 heterocycles. The number of rotatable bonds is 7. The van der Waals surface area contributed by atoms with Gasteiger partial charge in [-0.2, -0.15) is 0 Å². The van der Waals surface area contributed by atoms with Crippen molar-refractivity contribution in [2.75, 3.05) is 20.6 Å². The van der Waals surface area contributed by atoms with Crippen LogP contribution in [0.2, 0.25) is 0 Å². The molecule has 20 heavy (non-hydrogen) atoms. The van der Waals surface area contributed by atoms with Gasteiger partial charge in [-0.1, -0.05) is 30.3 Å². The lowest BCUT2D eigenvalue weighted by molar-refractivity contribution is 0.306. The third-order valence-corrected chi connectivity index (χ3v) is 5.08. The molecule has 0 saturated heterocycles. The summed E-state index contributed by atoms with van der Waals surface area (Å²) in [6.45, 7) is 2.09. The van der Waals surface area contributed by atoms with Gasteiger partial charge in [0, 0.05) is 33.9 Å². The maximum absolute atomic E-state index is 3.51. The van der Waals surface area contributed by atoms with Gasteiger partial charge in [0.05, 0.1) is 0 Å². The van der Waals surface area contributed by atoms with Crippen molar-refractivity contribution in [2.24, 2.45) is 0 Å². The van der Waals surface area contributed by atoms with Gasteiger partial charge in [0.2, 0.25) is 0 Å². The van der Waals surface area contributed by atoms with Crippen LogP contribution in [0.1, 0.15) is 22.9 Å². The average molecular weight is 353 g/mol. The van der Waals surface area contributed by atoms with Crippen molar-refractivity contribution in [2.45, 2.75) is 19.0 Å². The van der Waals surface area contributed by atoms with E-state index < -0.39 is 0 Å². The van der Waals surface area contributed by atoms with Crippen LogP contribution < -0.4 is 5.32 Å². The van der Waals surface area contributed by atoms with Gasteiger partial charge in [-0.15, -0.1) is 11.3 Å². The summed E-state index contributed by atoms with van der Waals surface area (Å²) in [6, 6.07) is 13.3. The van der Waals surface area contributed by atoms with Crippen molar-refractivity contribution >= 4 is 27.3 Å². The fourth-order valence-corrected chi connectivity index (χ4v) is 3.82. The van der Waals surface area contributed by atoms with Crippen LogP contribution in [0.15, 0.2) is 46.3 Å². The van der Waals surface area contributed by atoms with E-state index in [1.807, 2.05) is 18.4 Å². The molecule has 2 aromatic rings. The van der Waals surface area contributed by atoms with E-state index in [1.165, 1.54) is 14.9 Å². The minimum atomic E-state index is 0.425. The highest BCUT2D eigenvalue weighted by Gasteiger charge is 2.10. The molecule has 4 heteroatoms. The molecule has 2 nitrogen and oxygen atoms in total. The highest BCUT2D eigenvalue weighted by atomic mass is 79.9. The van der Waals surface area contributed by atoms with E-state index in [1.54, 1.807) is 0 Å². The second-order valence-electron chi connectivity index (χ2n) is 5.01. The van der Waals surface area contributed by atoms with Crippen LogP contribution in [0.5, 0.6) is 0 Å². The van der Waals surface area contributed by atoms with Gasteiger partial charge < -0.3 is 10.2 Å². The molecule has 0 radical (unpaired) electrons. The minimum Gasteiger partial charge on any atom is -0.313 e. The Morgan fingerprint density at radius 3 is 2.65 bits per heavy atom. The summed E-state index contributed by atoms with van der Waals surface area (Å²) in [5.74, 6) is 0. The van der Waals surface area contributed by atoms with Crippen molar-refractivity contribution in [3.8, 4) is 0 Å². The van der Waals surface area contributed by atoms with Gasteiger partial charge in [0.15, 0.2) is 0 Å². The van der Waals surface area contributed by atoms with E-state index in [4.69, 9.17) is 0 Å². The third kappa shape index (κ3) is 4.70. The van der Waals surface area contributed by atoms with Crippen LogP contribution >= 0.6 is 27.3 Å². The monoisotopic (exact) mass is 352 g/mol. The molecule has 0 aliphatic heterocycles. The second-order valence-corrected chi connectivity index (χ2v) is 6.92. The summed E-state index contributed by atoms with van der Waals surface area (Å²) in [4.78, 5) is 3.78. The first-order chi connectivity index (χ1) is 9.69. The summed E-state index contributed by atoms with van der Waals surface area (Å²) in [5, 5.41) is 5.55. The molecule has 2 rings (SSSR count). The predicted octanol–water partition coefficient (Wildman–Crippen LogP) is 4.29. The standard InChI is InChI=1S/C16H21BrN2S/c1-18-16(13-6-4-3-5-7-13)8-9-19(2)11-15-10-14(17)12-20-15/h3-7,10,12,16,18H,8-9,11H2,1-2H3. The molecule has 1 unspecified atom stereocenters. The predicted molar refractivity (Wildman–Crippen MR) is 91.2 cm³/mol. The summed E-state index contributed by atoms with van der Waals surface area (Å²) in [7, 11) is 4.22. The SMILES string of the molecule is CNC(CCN(C)Cc1cc(Br)cs1)c1ccccc1. The Bertz CT molecular complexity index is 512. The number of hydrogen-bond donors (Lipinski definition) is 1. The van der Waals surface area contributed by atoms with Gasteiger partial charge in [-0.05, 0) is 48.1 Å². The molecule has 1 aromatic carbocycles. The van der Waals surface area contributed by atoms with Gasteiger partial charge in [0.1, 0.15) is 0 Å². The smallest absolute Gasteiger partial charge is 0.0329 e. The molecule has 0 bridgehead atoms. The molecule has 108 valence electrons. The lowest BCUT2D eigenvalue weighted by atomic mass is 10.0. The van der Waals surface area contributed by atoms with Crippen molar-refractivity contribution < 1.29 is 0 Å². The number of halogens is 1. The second kappa shape index (κ2) is 7.93. The molecule has 1 atom stereocenters. The Balaban J connectivity index is 1.84. The number of thiophene rings is 1. The van der Waals surface area contributed by atoms with Crippen molar-refractivity contribution in [1.82, 2.24) is 10.2 Å². The van der Waals surface area contributed by atoms with Crippen LogP contribution in [0, 0.1) is 0 Å². The lowest BCUT2D eigenvalue weighted by Crippen LogP contribution is -2.25. The van der Waals surface area contributed by atoms with Gasteiger partial charge in [-0.3, -0.25) is 0 Å². The number of hydrogen-bond acceptors (Lipinski definition) is 3. The van der Waals surface area contributed by atoms with E-state index in [0.717, 1.165) is 19.5 Å². The Labute approximate surface area is 133 Å². The first kappa shape index (κ1) is 15.7. The van der Waals surface area contributed by atoms with E-state index in [9.17, 15) is 0 Å². The Kier molecular flexibility index (Phi) is 6.23. The first-order valence-electron chi connectivity index (χ1n) is 6.82. The van der Waals surface area contributed by atoms with Crippen LogP contribution in [0.4, 0.5) is 0 Å². The first-order valence-corrected chi connectivity index (χ1v) is 8.50. The van der Waals surface area contributed by atoms with Gasteiger partial charge in [-0.25, -0.2) is 0 Å². The molecule has 0 fully saturated rings. The molecule has 0 aliphatic carbocycles. The molecule has 0 amide bonds. The molecular weight excluding hydrogens is 332 g/mol.